The average Bonchev–Trinajstić information content (AvgIpc) is 3.30. The van der Waals surface area contributed by atoms with E-state index in [1.54, 1.807) is 24.7 Å². The van der Waals surface area contributed by atoms with Crippen LogP contribution in [0.15, 0.2) is 36.8 Å². The van der Waals surface area contributed by atoms with E-state index in [1.165, 1.54) is 6.07 Å². The molecule has 1 atom stereocenters. The number of likely N-dealkylation sites (tertiary alicyclic amines) is 1. The summed E-state index contributed by atoms with van der Waals surface area (Å²) in [7, 11) is 0. The molecular weight excluding hydrogens is 366 g/mol. The van der Waals surface area contributed by atoms with Crippen molar-refractivity contribution in [1.29, 1.82) is 0 Å². The second-order valence-electron chi connectivity index (χ2n) is 7.26. The number of halogens is 2. The maximum Gasteiger partial charge on any atom is 0.184 e. The van der Waals surface area contributed by atoms with E-state index in [1.807, 2.05) is 4.57 Å². The van der Waals surface area contributed by atoms with Gasteiger partial charge in [-0.05, 0) is 12.5 Å². The van der Waals surface area contributed by atoms with Crippen molar-refractivity contribution in [2.45, 2.75) is 31.7 Å². The number of benzene rings is 1. The van der Waals surface area contributed by atoms with Gasteiger partial charge in [-0.1, -0.05) is 12.1 Å². The van der Waals surface area contributed by atoms with E-state index >= 15 is 0 Å². The molecule has 1 aromatic carbocycles. The number of aromatic nitrogens is 5. The minimum absolute atomic E-state index is 0.348. The highest BCUT2D eigenvalue weighted by Gasteiger charge is 2.43. The first kappa shape index (κ1) is 17.3. The Bertz CT molecular complexity index is 1010. The van der Waals surface area contributed by atoms with Crippen LogP contribution in [0.5, 0.6) is 0 Å². The van der Waals surface area contributed by atoms with Crippen molar-refractivity contribution in [3.8, 4) is 11.5 Å². The second kappa shape index (κ2) is 6.68. The van der Waals surface area contributed by atoms with Gasteiger partial charge in [-0.3, -0.25) is 9.88 Å². The van der Waals surface area contributed by atoms with Crippen LogP contribution >= 0.6 is 0 Å². The van der Waals surface area contributed by atoms with E-state index in [0.717, 1.165) is 24.9 Å². The number of hydrogen-bond donors (Lipinski definition) is 0. The lowest BCUT2D eigenvalue weighted by atomic mass is 10.0. The molecule has 28 heavy (non-hydrogen) atoms. The van der Waals surface area contributed by atoms with Crippen LogP contribution in [0.1, 0.15) is 17.8 Å². The van der Waals surface area contributed by atoms with E-state index in [4.69, 9.17) is 4.74 Å². The standard InChI is InChI=1S/C19H18F2N6O/c20-14-3-1-2-13(17(14)21)9-26-7-4-19(11-26)12-27-16(10-28-19)24-25-18(27)15-8-22-5-6-23-15/h1-3,5-6,8H,4,7,9-12H2. The monoisotopic (exact) mass is 384 g/mol. The fourth-order valence-corrected chi connectivity index (χ4v) is 3.98. The second-order valence-corrected chi connectivity index (χ2v) is 7.26. The SMILES string of the molecule is Fc1cccc(CN2CCC3(C2)Cn2c(nnc2-c2cnccn2)CO3)c1F. The normalized spacial score (nSPS) is 21.9. The molecule has 5 rings (SSSR count). The van der Waals surface area contributed by atoms with Crippen LogP contribution < -0.4 is 0 Å². The molecule has 1 unspecified atom stereocenters. The first-order chi connectivity index (χ1) is 13.6. The summed E-state index contributed by atoms with van der Waals surface area (Å²) in [5.74, 6) is -0.177. The highest BCUT2D eigenvalue weighted by molar-refractivity contribution is 5.47. The summed E-state index contributed by atoms with van der Waals surface area (Å²) in [6.45, 7) is 2.66. The van der Waals surface area contributed by atoms with Gasteiger partial charge >= 0.3 is 0 Å². The van der Waals surface area contributed by atoms with Gasteiger partial charge in [0.05, 0.1) is 12.7 Å². The van der Waals surface area contributed by atoms with Crippen LogP contribution in [0.3, 0.4) is 0 Å². The molecule has 0 bridgehead atoms. The Morgan fingerprint density at radius 1 is 1.14 bits per heavy atom. The molecule has 1 spiro atoms. The lowest BCUT2D eigenvalue weighted by molar-refractivity contribution is -0.0822. The Balaban J connectivity index is 1.36. The number of hydrogen-bond acceptors (Lipinski definition) is 6. The van der Waals surface area contributed by atoms with Crippen LogP contribution in [0, 0.1) is 11.6 Å². The molecule has 0 radical (unpaired) electrons. The Labute approximate surface area is 160 Å². The fraction of sp³-hybridized carbons (Fsp3) is 0.368. The number of nitrogens with zero attached hydrogens (tertiary/aromatic N) is 6. The molecule has 0 N–H and O–H groups in total. The fourth-order valence-electron chi connectivity index (χ4n) is 3.98. The van der Waals surface area contributed by atoms with Crippen LogP contribution in [0.2, 0.25) is 0 Å². The molecule has 0 saturated carbocycles. The van der Waals surface area contributed by atoms with Crippen molar-refractivity contribution in [3.63, 3.8) is 0 Å². The molecule has 2 aliphatic heterocycles. The third-order valence-corrected chi connectivity index (χ3v) is 5.39. The molecule has 144 valence electrons. The summed E-state index contributed by atoms with van der Waals surface area (Å²) in [6, 6.07) is 4.29. The molecule has 0 amide bonds. The summed E-state index contributed by atoms with van der Waals surface area (Å²) >= 11 is 0. The quantitative estimate of drug-likeness (QED) is 0.690. The smallest absolute Gasteiger partial charge is 0.184 e. The van der Waals surface area contributed by atoms with Crippen molar-refractivity contribution < 1.29 is 13.5 Å². The summed E-state index contributed by atoms with van der Waals surface area (Å²) in [5.41, 5.74) is 0.615. The van der Waals surface area contributed by atoms with Gasteiger partial charge in [0.25, 0.3) is 0 Å². The molecule has 3 aromatic rings. The molecule has 2 aliphatic rings. The highest BCUT2D eigenvalue weighted by Crippen LogP contribution is 2.34. The van der Waals surface area contributed by atoms with E-state index in [2.05, 4.69) is 25.1 Å². The van der Waals surface area contributed by atoms with Gasteiger partial charge in [0.1, 0.15) is 17.9 Å². The van der Waals surface area contributed by atoms with Crippen molar-refractivity contribution >= 4 is 0 Å². The molecule has 7 nitrogen and oxygen atoms in total. The maximum absolute atomic E-state index is 14.0. The van der Waals surface area contributed by atoms with E-state index in [-0.39, 0.29) is 0 Å². The van der Waals surface area contributed by atoms with Crippen LogP contribution in [0.25, 0.3) is 11.5 Å². The Hall–Kier alpha value is -2.78. The van der Waals surface area contributed by atoms with Crippen molar-refractivity contribution in [3.05, 3.63) is 59.8 Å². The van der Waals surface area contributed by atoms with Gasteiger partial charge in [-0.25, -0.2) is 13.8 Å². The first-order valence-electron chi connectivity index (χ1n) is 9.11. The maximum atomic E-state index is 14.0. The van der Waals surface area contributed by atoms with Gasteiger partial charge in [0.2, 0.25) is 0 Å². The zero-order valence-electron chi connectivity index (χ0n) is 15.1. The van der Waals surface area contributed by atoms with Crippen LogP contribution in [0.4, 0.5) is 8.78 Å². The average molecular weight is 384 g/mol. The summed E-state index contributed by atoms with van der Waals surface area (Å²) < 4.78 is 35.7. The van der Waals surface area contributed by atoms with E-state index in [0.29, 0.717) is 43.3 Å². The Morgan fingerprint density at radius 2 is 2.07 bits per heavy atom. The van der Waals surface area contributed by atoms with Gasteiger partial charge in [-0.2, -0.15) is 0 Å². The van der Waals surface area contributed by atoms with Gasteiger partial charge in [0, 0.05) is 37.6 Å². The van der Waals surface area contributed by atoms with Crippen molar-refractivity contribution in [2.24, 2.45) is 0 Å². The Morgan fingerprint density at radius 3 is 2.93 bits per heavy atom. The van der Waals surface area contributed by atoms with E-state index < -0.39 is 17.2 Å². The van der Waals surface area contributed by atoms with Gasteiger partial charge in [0.15, 0.2) is 23.3 Å². The predicted molar refractivity (Wildman–Crippen MR) is 94.8 cm³/mol. The van der Waals surface area contributed by atoms with Gasteiger partial charge in [-0.15, -0.1) is 10.2 Å². The Kier molecular flexibility index (Phi) is 4.13. The third-order valence-electron chi connectivity index (χ3n) is 5.39. The van der Waals surface area contributed by atoms with Crippen LogP contribution in [-0.4, -0.2) is 48.3 Å². The van der Waals surface area contributed by atoms with Crippen molar-refractivity contribution in [2.75, 3.05) is 13.1 Å². The molecule has 9 heteroatoms. The highest BCUT2D eigenvalue weighted by atomic mass is 19.2. The summed E-state index contributed by atoms with van der Waals surface area (Å²) in [6.07, 6.45) is 5.69. The number of rotatable bonds is 3. The topological polar surface area (TPSA) is 69.0 Å². The molecule has 1 fully saturated rings. The zero-order valence-corrected chi connectivity index (χ0v) is 15.1. The largest absolute Gasteiger partial charge is 0.364 e. The molecular formula is C19H18F2N6O. The van der Waals surface area contributed by atoms with Gasteiger partial charge < -0.3 is 9.30 Å². The molecule has 1 saturated heterocycles. The lowest BCUT2D eigenvalue weighted by Gasteiger charge is -2.34. The zero-order chi connectivity index (χ0) is 19.1. The third kappa shape index (κ3) is 2.96. The lowest BCUT2D eigenvalue weighted by Crippen LogP contribution is -2.44. The molecule has 0 aliphatic carbocycles. The summed E-state index contributed by atoms with van der Waals surface area (Å²) in [5, 5.41) is 8.47. The predicted octanol–water partition coefficient (Wildman–Crippen LogP) is 2.19. The number of fused-ring (bicyclic) bond motifs is 1. The first-order valence-corrected chi connectivity index (χ1v) is 9.11. The van der Waals surface area contributed by atoms with Crippen LogP contribution in [-0.2, 0) is 24.4 Å². The van der Waals surface area contributed by atoms with Crippen molar-refractivity contribution in [1.82, 2.24) is 29.6 Å². The molecule has 4 heterocycles. The summed E-state index contributed by atoms with van der Waals surface area (Å²) in [4.78, 5) is 10.5. The molecule has 2 aromatic heterocycles. The van der Waals surface area contributed by atoms with E-state index in [9.17, 15) is 8.78 Å². The minimum atomic E-state index is -0.817. The minimum Gasteiger partial charge on any atom is -0.364 e. The number of ether oxygens (including phenoxy) is 1.